The van der Waals surface area contributed by atoms with Crippen molar-refractivity contribution < 1.29 is 14.6 Å². The van der Waals surface area contributed by atoms with Crippen molar-refractivity contribution in [3.05, 3.63) is 41.5 Å². The Hall–Kier alpha value is -0.805. The molecule has 0 spiro atoms. The lowest BCUT2D eigenvalue weighted by atomic mass is 9.53. The second-order valence-electron chi connectivity index (χ2n) is 11.0. The molecule has 2 N–H and O–H groups in total. The zero-order valence-electron chi connectivity index (χ0n) is 21.8. The van der Waals surface area contributed by atoms with Crippen LogP contribution in [-0.4, -0.2) is 51.2 Å². The summed E-state index contributed by atoms with van der Waals surface area (Å²) < 4.78 is 12.9. The van der Waals surface area contributed by atoms with Crippen LogP contribution in [0, 0.1) is 17.3 Å². The zero-order chi connectivity index (χ0) is 26.4. The Morgan fingerprint density at radius 1 is 1.29 bits per heavy atom. The molecule has 35 heavy (non-hydrogen) atoms. The van der Waals surface area contributed by atoms with E-state index in [4.69, 9.17) is 23.5 Å². The highest BCUT2D eigenvalue weighted by Crippen LogP contribution is 2.60. The maximum atomic E-state index is 12.9. The number of alkyl halides is 1. The van der Waals surface area contributed by atoms with Crippen molar-refractivity contribution in [1.82, 2.24) is 0 Å². The monoisotopic (exact) mass is 494 g/mol. The molecular formula is C28H42B3FO2S. The normalized spacial score (nSPS) is 30.4. The van der Waals surface area contributed by atoms with Crippen molar-refractivity contribution >= 4 is 36.2 Å². The van der Waals surface area contributed by atoms with Crippen LogP contribution in [0.1, 0.15) is 89.2 Å². The number of hydrogen-bond acceptors (Lipinski definition) is 3. The molecule has 2 fully saturated rings. The molecule has 7 heteroatoms. The first-order valence-electron chi connectivity index (χ1n) is 13.1. The predicted molar refractivity (Wildman–Crippen MR) is 152 cm³/mol. The maximum absolute atomic E-state index is 12.9. The molecule has 1 aromatic carbocycles. The smallest absolute Gasteiger partial charge is 0.119 e. The summed E-state index contributed by atoms with van der Waals surface area (Å²) in [6, 6.07) is 5.96. The van der Waals surface area contributed by atoms with E-state index < -0.39 is 11.3 Å². The fraction of sp³-hybridized carbons (Fsp3) is 0.714. The van der Waals surface area contributed by atoms with Gasteiger partial charge in [-0.2, -0.15) is 12.6 Å². The van der Waals surface area contributed by atoms with E-state index in [2.05, 4.69) is 39.1 Å². The van der Waals surface area contributed by atoms with Gasteiger partial charge in [0.15, 0.2) is 0 Å². The second kappa shape index (κ2) is 13.1. The summed E-state index contributed by atoms with van der Waals surface area (Å²) in [6.07, 6.45) is 8.64. The van der Waals surface area contributed by atoms with E-state index in [0.29, 0.717) is 29.8 Å². The standard InChI is InChI=1S/C18H24O2.C5H8B3FS.C5H10/c1-18-9-8-14-13-5-3-12(19)10-11(13)2-4-15(14)16(18)6-7-17(18)20;6-4(7)5(8,9)2-1-3-10;1-4-5(2)3/h3,5,10,14-17,19-20H,2,4,6-9H2,1H3;4,10H,1-3H2;2,4H2,1,3H3. The third-order valence-electron chi connectivity index (χ3n) is 8.54. The Bertz CT molecular complexity index is 834. The Labute approximate surface area is 222 Å². The topological polar surface area (TPSA) is 40.5 Å². The first-order chi connectivity index (χ1) is 16.4. The van der Waals surface area contributed by atoms with Gasteiger partial charge in [0.2, 0.25) is 0 Å². The van der Waals surface area contributed by atoms with Gasteiger partial charge in [-0.25, -0.2) is 0 Å². The molecule has 0 amide bonds. The van der Waals surface area contributed by atoms with Crippen LogP contribution in [0.15, 0.2) is 30.4 Å². The minimum atomic E-state index is -1.94. The Kier molecular flexibility index (Phi) is 11.4. The molecule has 188 valence electrons. The number of halogens is 1. The van der Waals surface area contributed by atoms with Crippen LogP contribution in [0.4, 0.5) is 4.39 Å². The molecule has 0 aromatic heterocycles. The van der Waals surface area contributed by atoms with Gasteiger partial charge < -0.3 is 10.2 Å². The van der Waals surface area contributed by atoms with Gasteiger partial charge in [0.25, 0.3) is 0 Å². The van der Waals surface area contributed by atoms with Gasteiger partial charge in [0.05, 0.1) is 27.4 Å². The Morgan fingerprint density at radius 3 is 2.51 bits per heavy atom. The molecule has 0 bridgehead atoms. The van der Waals surface area contributed by atoms with Crippen molar-refractivity contribution in [3.8, 4) is 5.75 Å². The average Bonchev–Trinajstić information content (AvgIpc) is 3.12. The lowest BCUT2D eigenvalue weighted by Gasteiger charge is -2.50. The molecule has 0 heterocycles. The molecule has 4 rings (SSSR count). The van der Waals surface area contributed by atoms with E-state index in [1.54, 1.807) is 0 Å². The van der Waals surface area contributed by atoms with Gasteiger partial charge in [0.1, 0.15) is 13.6 Å². The number of benzene rings is 1. The molecule has 2 nitrogen and oxygen atoms in total. The molecule has 6 atom stereocenters. The molecule has 3 aliphatic carbocycles. The Morgan fingerprint density at radius 2 is 1.94 bits per heavy atom. The van der Waals surface area contributed by atoms with Crippen LogP contribution in [-0.2, 0) is 6.42 Å². The molecule has 6 unspecified atom stereocenters. The van der Waals surface area contributed by atoms with Gasteiger partial charge >= 0.3 is 0 Å². The summed E-state index contributed by atoms with van der Waals surface area (Å²) in [5.41, 5.74) is 1.20. The summed E-state index contributed by atoms with van der Waals surface area (Å²) in [4.78, 5) is 0. The average molecular weight is 494 g/mol. The van der Waals surface area contributed by atoms with Crippen LogP contribution in [0.2, 0.25) is 5.72 Å². The van der Waals surface area contributed by atoms with Gasteiger partial charge in [-0.15, -0.1) is 6.58 Å². The van der Waals surface area contributed by atoms with E-state index in [9.17, 15) is 14.6 Å². The van der Waals surface area contributed by atoms with Gasteiger partial charge in [-0.3, -0.25) is 4.39 Å². The fourth-order valence-electron chi connectivity index (χ4n) is 6.06. The van der Waals surface area contributed by atoms with E-state index in [1.807, 2.05) is 19.1 Å². The number of rotatable bonds is 5. The largest absolute Gasteiger partial charge is 0.508 e. The van der Waals surface area contributed by atoms with Crippen molar-refractivity contribution in [2.45, 2.75) is 102 Å². The highest BCUT2D eigenvalue weighted by atomic mass is 32.1. The SMILES string of the molecule is C=C(C)CC.CC12CCC3c4ccc(O)cc4CCC3C1CCC2O.[B]C([B])C([B])(F)CCCS. The number of aliphatic hydroxyl groups is 1. The summed E-state index contributed by atoms with van der Waals surface area (Å²) in [5.74, 6) is 3.08. The minimum absolute atomic E-state index is 0.0883. The number of phenols is 1. The maximum Gasteiger partial charge on any atom is 0.119 e. The highest BCUT2D eigenvalue weighted by Gasteiger charge is 2.54. The predicted octanol–water partition coefficient (Wildman–Crippen LogP) is 6.20. The molecule has 0 aliphatic heterocycles. The summed E-state index contributed by atoms with van der Waals surface area (Å²) in [6.45, 7) is 10.1. The Balaban J connectivity index is 0.000000243. The first kappa shape index (κ1) is 30.4. The number of aryl methyl sites for hydroxylation is 1. The van der Waals surface area contributed by atoms with Gasteiger partial charge in [-0.1, -0.05) is 31.2 Å². The number of allylic oxidation sites excluding steroid dienone is 1. The van der Waals surface area contributed by atoms with Crippen LogP contribution in [0.3, 0.4) is 0 Å². The van der Waals surface area contributed by atoms with Crippen molar-refractivity contribution in [1.29, 1.82) is 0 Å². The third-order valence-corrected chi connectivity index (χ3v) is 8.85. The zero-order valence-corrected chi connectivity index (χ0v) is 22.7. The first-order valence-corrected chi connectivity index (χ1v) is 13.7. The van der Waals surface area contributed by atoms with Crippen molar-refractivity contribution in [2.75, 3.05) is 5.75 Å². The van der Waals surface area contributed by atoms with Crippen molar-refractivity contribution in [3.63, 3.8) is 0 Å². The van der Waals surface area contributed by atoms with Crippen LogP contribution >= 0.6 is 12.6 Å². The van der Waals surface area contributed by atoms with E-state index >= 15 is 0 Å². The molecule has 1 aromatic rings. The van der Waals surface area contributed by atoms with Gasteiger partial charge in [-0.05, 0) is 117 Å². The number of aromatic hydroxyl groups is 1. The molecule has 2 saturated carbocycles. The van der Waals surface area contributed by atoms with Crippen LogP contribution < -0.4 is 0 Å². The summed E-state index contributed by atoms with van der Waals surface area (Å²) >= 11 is 3.90. The van der Waals surface area contributed by atoms with E-state index in [1.165, 1.54) is 36.0 Å². The second-order valence-corrected chi connectivity index (χ2v) is 11.5. The number of thiol groups is 1. The highest BCUT2D eigenvalue weighted by molar-refractivity contribution is 7.80. The number of hydrogen-bond donors (Lipinski definition) is 3. The molecular weight excluding hydrogens is 452 g/mol. The van der Waals surface area contributed by atoms with Crippen molar-refractivity contribution in [2.24, 2.45) is 17.3 Å². The number of phenolic OH excluding ortho intramolecular Hbond substituents is 1. The quantitative estimate of drug-likeness (QED) is 0.260. The minimum Gasteiger partial charge on any atom is -0.508 e. The van der Waals surface area contributed by atoms with E-state index in [-0.39, 0.29) is 17.9 Å². The van der Waals surface area contributed by atoms with Gasteiger partial charge in [0, 0.05) is 0 Å². The van der Waals surface area contributed by atoms with Crippen LogP contribution in [0.5, 0.6) is 5.75 Å². The van der Waals surface area contributed by atoms with Crippen LogP contribution in [0.25, 0.3) is 0 Å². The number of fused-ring (bicyclic) bond motifs is 5. The fourth-order valence-corrected chi connectivity index (χ4v) is 6.22. The lowest BCUT2D eigenvalue weighted by Crippen LogP contribution is -2.43. The third kappa shape index (κ3) is 7.60. The number of aliphatic hydroxyl groups excluding tert-OH is 1. The molecule has 0 saturated heterocycles. The molecule has 3 aliphatic rings. The lowest BCUT2D eigenvalue weighted by molar-refractivity contribution is -0.0226. The van der Waals surface area contributed by atoms with E-state index in [0.717, 1.165) is 31.6 Å². The molecule has 6 radical (unpaired) electrons. The summed E-state index contributed by atoms with van der Waals surface area (Å²) in [5, 5.41) is 20.0. The summed E-state index contributed by atoms with van der Waals surface area (Å²) in [7, 11) is 15.2.